The van der Waals surface area contributed by atoms with Crippen molar-refractivity contribution < 1.29 is 22.7 Å². The molecular formula is C24H22Cl2N2O5S. The molecule has 1 aliphatic heterocycles. The number of rotatable bonds is 7. The number of ether oxygens (including phenoxy) is 2. The number of carbonyl (C=O) groups is 1. The van der Waals surface area contributed by atoms with Gasteiger partial charge in [-0.2, -0.15) is 4.31 Å². The molecule has 3 aromatic rings. The number of hydrogen-bond donors (Lipinski definition) is 1. The van der Waals surface area contributed by atoms with Crippen LogP contribution in [-0.4, -0.2) is 44.9 Å². The monoisotopic (exact) mass is 520 g/mol. The number of nitrogens with one attached hydrogen (secondary N) is 1. The molecule has 3 aromatic carbocycles. The van der Waals surface area contributed by atoms with Gasteiger partial charge in [-0.25, -0.2) is 8.42 Å². The molecule has 7 nitrogen and oxygen atoms in total. The molecular weight excluding hydrogens is 499 g/mol. The molecule has 1 aliphatic rings. The fraction of sp³-hybridized carbons (Fsp3) is 0.208. The Balaban J connectivity index is 1.54. The maximum absolute atomic E-state index is 13.1. The molecule has 1 N–H and O–H groups in total. The van der Waals surface area contributed by atoms with E-state index in [1.54, 1.807) is 30.3 Å². The number of hydrogen-bond acceptors (Lipinski definition) is 5. The highest BCUT2D eigenvalue weighted by molar-refractivity contribution is 7.89. The largest absolute Gasteiger partial charge is 0.488 e. The number of sulfonamides is 1. The molecule has 4 rings (SSSR count). The second-order valence-corrected chi connectivity index (χ2v) is 10.2. The van der Waals surface area contributed by atoms with Crippen molar-refractivity contribution in [2.45, 2.75) is 11.5 Å². The molecule has 1 saturated heterocycles. The molecule has 0 aliphatic carbocycles. The molecule has 0 atom stereocenters. The summed E-state index contributed by atoms with van der Waals surface area (Å²) in [6.45, 7) is 1.38. The Kier molecular flexibility index (Phi) is 7.75. The average molecular weight is 521 g/mol. The Morgan fingerprint density at radius 1 is 0.971 bits per heavy atom. The Bertz CT molecular complexity index is 1290. The number of morpholine rings is 1. The van der Waals surface area contributed by atoms with Gasteiger partial charge >= 0.3 is 0 Å². The SMILES string of the molecule is O=C(Nc1cc(S(=O)(=O)N2CCOCC2)ccc1Cl)c1ccccc1OCc1ccccc1Cl. The van der Waals surface area contributed by atoms with Gasteiger partial charge in [-0.05, 0) is 36.4 Å². The van der Waals surface area contributed by atoms with Crippen molar-refractivity contribution >= 4 is 44.8 Å². The number of carbonyl (C=O) groups excluding carboxylic acids is 1. The lowest BCUT2D eigenvalue weighted by molar-refractivity contribution is 0.0730. The van der Waals surface area contributed by atoms with Crippen molar-refractivity contribution in [3.05, 3.63) is 87.9 Å². The summed E-state index contributed by atoms with van der Waals surface area (Å²) in [6.07, 6.45) is 0. The number of amides is 1. The van der Waals surface area contributed by atoms with Crippen LogP contribution in [-0.2, 0) is 21.4 Å². The maximum atomic E-state index is 13.1. The van der Waals surface area contributed by atoms with E-state index in [0.717, 1.165) is 5.56 Å². The summed E-state index contributed by atoms with van der Waals surface area (Å²) in [4.78, 5) is 13.1. The van der Waals surface area contributed by atoms with E-state index in [4.69, 9.17) is 32.7 Å². The van der Waals surface area contributed by atoms with E-state index < -0.39 is 15.9 Å². The third-order valence-electron chi connectivity index (χ3n) is 5.27. The minimum Gasteiger partial charge on any atom is -0.488 e. The van der Waals surface area contributed by atoms with E-state index in [1.807, 2.05) is 18.2 Å². The standard InChI is InChI=1S/C24H22Cl2N2O5S/c25-20-7-3-1-5-17(20)16-33-23-8-4-2-6-19(23)24(29)27-22-15-18(9-10-21(22)26)34(30,31)28-11-13-32-14-12-28/h1-10,15H,11-14,16H2,(H,27,29). The molecule has 10 heteroatoms. The van der Waals surface area contributed by atoms with E-state index in [1.165, 1.54) is 22.5 Å². The molecule has 0 unspecified atom stereocenters. The van der Waals surface area contributed by atoms with Crippen LogP contribution >= 0.6 is 23.2 Å². The number of para-hydroxylation sites is 1. The topological polar surface area (TPSA) is 84.9 Å². The fourth-order valence-corrected chi connectivity index (χ4v) is 5.23. The molecule has 178 valence electrons. The lowest BCUT2D eigenvalue weighted by Crippen LogP contribution is -2.40. The van der Waals surface area contributed by atoms with E-state index in [-0.39, 0.29) is 40.9 Å². The van der Waals surface area contributed by atoms with Gasteiger partial charge in [0.2, 0.25) is 10.0 Å². The summed E-state index contributed by atoms with van der Waals surface area (Å²) in [6, 6.07) is 18.2. The third-order valence-corrected chi connectivity index (χ3v) is 7.86. The molecule has 0 saturated carbocycles. The van der Waals surface area contributed by atoms with Crippen LogP contribution < -0.4 is 10.1 Å². The van der Waals surface area contributed by atoms with E-state index >= 15 is 0 Å². The molecule has 34 heavy (non-hydrogen) atoms. The van der Waals surface area contributed by atoms with Gasteiger partial charge in [0.25, 0.3) is 5.91 Å². The highest BCUT2D eigenvalue weighted by atomic mass is 35.5. The van der Waals surface area contributed by atoms with Gasteiger partial charge in [0, 0.05) is 23.7 Å². The van der Waals surface area contributed by atoms with Gasteiger partial charge in [-0.1, -0.05) is 53.5 Å². The van der Waals surface area contributed by atoms with Crippen molar-refractivity contribution in [1.82, 2.24) is 4.31 Å². The van der Waals surface area contributed by atoms with Crippen LogP contribution in [0.25, 0.3) is 0 Å². The lowest BCUT2D eigenvalue weighted by atomic mass is 10.1. The summed E-state index contributed by atoms with van der Waals surface area (Å²) in [5.74, 6) is -0.134. The van der Waals surface area contributed by atoms with Gasteiger partial charge in [-0.15, -0.1) is 0 Å². The molecule has 0 bridgehead atoms. The molecule has 1 amide bonds. The second-order valence-electron chi connectivity index (χ2n) is 7.49. The van der Waals surface area contributed by atoms with Gasteiger partial charge in [0.1, 0.15) is 12.4 Å². The van der Waals surface area contributed by atoms with Crippen LogP contribution in [0.1, 0.15) is 15.9 Å². The molecule has 1 heterocycles. The van der Waals surface area contributed by atoms with Gasteiger partial charge in [-0.3, -0.25) is 4.79 Å². The predicted octanol–water partition coefficient (Wildman–Crippen LogP) is 4.85. The second kappa shape index (κ2) is 10.8. The zero-order valence-corrected chi connectivity index (χ0v) is 20.4. The number of halogens is 2. The highest BCUT2D eigenvalue weighted by Gasteiger charge is 2.27. The van der Waals surface area contributed by atoms with E-state index in [9.17, 15) is 13.2 Å². The first-order chi connectivity index (χ1) is 16.4. The Morgan fingerprint density at radius 3 is 2.44 bits per heavy atom. The van der Waals surface area contributed by atoms with E-state index in [0.29, 0.717) is 24.0 Å². The van der Waals surface area contributed by atoms with Crippen LogP contribution in [0.4, 0.5) is 5.69 Å². The number of benzene rings is 3. The van der Waals surface area contributed by atoms with Crippen molar-refractivity contribution in [2.24, 2.45) is 0 Å². The molecule has 0 aromatic heterocycles. The maximum Gasteiger partial charge on any atom is 0.259 e. The van der Waals surface area contributed by atoms with Crippen LogP contribution in [0, 0.1) is 0 Å². The summed E-state index contributed by atoms with van der Waals surface area (Å²) in [7, 11) is -3.75. The minimum absolute atomic E-state index is 0.0392. The third kappa shape index (κ3) is 5.54. The predicted molar refractivity (Wildman–Crippen MR) is 131 cm³/mol. The normalized spacial score (nSPS) is 14.5. The van der Waals surface area contributed by atoms with Crippen LogP contribution in [0.5, 0.6) is 5.75 Å². The van der Waals surface area contributed by atoms with Crippen LogP contribution in [0.15, 0.2) is 71.6 Å². The van der Waals surface area contributed by atoms with E-state index in [2.05, 4.69) is 5.32 Å². The summed E-state index contributed by atoms with van der Waals surface area (Å²) in [5.41, 5.74) is 1.23. The van der Waals surface area contributed by atoms with Crippen molar-refractivity contribution in [3.63, 3.8) is 0 Å². The van der Waals surface area contributed by atoms with Crippen molar-refractivity contribution in [2.75, 3.05) is 31.6 Å². The first-order valence-corrected chi connectivity index (χ1v) is 12.7. The Labute approximate surface area is 208 Å². The van der Waals surface area contributed by atoms with Gasteiger partial charge in [0.15, 0.2) is 0 Å². The highest BCUT2D eigenvalue weighted by Crippen LogP contribution is 2.29. The molecule has 0 spiro atoms. The summed E-state index contributed by atoms with van der Waals surface area (Å²) >= 11 is 12.5. The fourth-order valence-electron chi connectivity index (χ4n) is 3.44. The summed E-state index contributed by atoms with van der Waals surface area (Å²) < 4.78 is 38.4. The number of nitrogens with zero attached hydrogens (tertiary/aromatic N) is 1. The van der Waals surface area contributed by atoms with Crippen molar-refractivity contribution in [1.29, 1.82) is 0 Å². The molecule has 0 radical (unpaired) electrons. The zero-order valence-electron chi connectivity index (χ0n) is 18.0. The number of anilines is 1. The first kappa shape index (κ1) is 24.5. The molecule has 1 fully saturated rings. The lowest BCUT2D eigenvalue weighted by Gasteiger charge is -2.26. The Hall–Kier alpha value is -2.62. The van der Waals surface area contributed by atoms with Gasteiger partial charge < -0.3 is 14.8 Å². The first-order valence-electron chi connectivity index (χ1n) is 10.5. The smallest absolute Gasteiger partial charge is 0.259 e. The zero-order chi connectivity index (χ0) is 24.1. The summed E-state index contributed by atoms with van der Waals surface area (Å²) in [5, 5.41) is 3.48. The Morgan fingerprint density at radius 2 is 1.68 bits per heavy atom. The average Bonchev–Trinajstić information content (AvgIpc) is 2.85. The van der Waals surface area contributed by atoms with Crippen LogP contribution in [0.2, 0.25) is 10.0 Å². The van der Waals surface area contributed by atoms with Crippen LogP contribution in [0.3, 0.4) is 0 Å². The van der Waals surface area contributed by atoms with Crippen molar-refractivity contribution in [3.8, 4) is 5.75 Å². The minimum atomic E-state index is -3.75. The quantitative estimate of drug-likeness (QED) is 0.481. The van der Waals surface area contributed by atoms with Gasteiger partial charge in [0.05, 0.1) is 34.4 Å².